The second-order valence-electron chi connectivity index (χ2n) is 8.98. The highest BCUT2D eigenvalue weighted by Crippen LogP contribution is 2.37. The summed E-state index contributed by atoms with van der Waals surface area (Å²) in [5, 5.41) is 0. The van der Waals surface area contributed by atoms with Crippen LogP contribution in [0.4, 0.5) is 0 Å². The number of hydrogen-bond acceptors (Lipinski definition) is 5. The zero-order valence-corrected chi connectivity index (χ0v) is 18.7. The van der Waals surface area contributed by atoms with Crippen LogP contribution in [0.1, 0.15) is 58.6 Å². The fourth-order valence-corrected chi connectivity index (χ4v) is 3.19. The van der Waals surface area contributed by atoms with E-state index in [4.69, 9.17) is 18.8 Å². The van der Waals surface area contributed by atoms with Gasteiger partial charge in [-0.05, 0) is 56.3 Å². The molecule has 0 aliphatic carbocycles. The van der Waals surface area contributed by atoms with Crippen LogP contribution < -0.4 is 10.2 Å². The Hall–Kier alpha value is -2.31. The summed E-state index contributed by atoms with van der Waals surface area (Å²) in [6.45, 7) is 12.4. The topological polar surface area (TPSA) is 54.0 Å². The minimum absolute atomic E-state index is 0.137. The van der Waals surface area contributed by atoms with E-state index in [1.54, 1.807) is 0 Å². The minimum Gasteiger partial charge on any atom is -0.482 e. The van der Waals surface area contributed by atoms with Gasteiger partial charge in [-0.1, -0.05) is 56.3 Å². The lowest BCUT2D eigenvalue weighted by molar-refractivity contribution is -0.147. The monoisotopic (exact) mass is 410 g/mol. The summed E-state index contributed by atoms with van der Waals surface area (Å²) in [5.41, 5.74) is 2.09. The summed E-state index contributed by atoms with van der Waals surface area (Å²) < 4.78 is 23.4. The van der Waals surface area contributed by atoms with Crippen molar-refractivity contribution in [2.24, 2.45) is 0 Å². The van der Waals surface area contributed by atoms with Crippen LogP contribution in [0.5, 0.6) is 5.75 Å². The molecule has 3 rings (SSSR count). The van der Waals surface area contributed by atoms with Gasteiger partial charge in [-0.15, -0.1) is 0 Å². The van der Waals surface area contributed by atoms with E-state index >= 15 is 0 Å². The van der Waals surface area contributed by atoms with Gasteiger partial charge >= 0.3 is 13.1 Å². The molecule has 1 aliphatic heterocycles. The molecule has 0 amide bonds. The van der Waals surface area contributed by atoms with Crippen LogP contribution in [-0.2, 0) is 25.4 Å². The van der Waals surface area contributed by atoms with Crippen molar-refractivity contribution in [1.29, 1.82) is 0 Å². The van der Waals surface area contributed by atoms with E-state index in [-0.39, 0.29) is 19.1 Å². The smallest absolute Gasteiger partial charge is 0.482 e. The Morgan fingerprint density at radius 3 is 2.23 bits per heavy atom. The van der Waals surface area contributed by atoms with Gasteiger partial charge in [0.15, 0.2) is 6.61 Å². The van der Waals surface area contributed by atoms with Crippen LogP contribution in [0, 0.1) is 0 Å². The van der Waals surface area contributed by atoms with Gasteiger partial charge in [0.05, 0.1) is 11.2 Å². The second kappa shape index (κ2) is 8.82. The van der Waals surface area contributed by atoms with E-state index in [1.165, 1.54) is 0 Å². The number of carbonyl (C=O) groups excluding carboxylic acids is 1. The third-order valence-corrected chi connectivity index (χ3v) is 5.77. The standard InChI is InChI=1S/C24H31BO5/c1-17(2)20-14-19(25-29-23(3,4)24(5,6)30-25)12-13-21(20)27-16-22(26)28-15-18-10-8-7-9-11-18/h7-14,17H,15-16H2,1-6H3. The summed E-state index contributed by atoms with van der Waals surface area (Å²) in [5.74, 6) is 0.480. The number of esters is 1. The van der Waals surface area contributed by atoms with Gasteiger partial charge in [-0.25, -0.2) is 4.79 Å². The van der Waals surface area contributed by atoms with Gasteiger partial charge in [-0.3, -0.25) is 0 Å². The molecule has 1 aliphatic rings. The van der Waals surface area contributed by atoms with Gasteiger partial charge < -0.3 is 18.8 Å². The predicted molar refractivity (Wildman–Crippen MR) is 118 cm³/mol. The van der Waals surface area contributed by atoms with E-state index in [0.29, 0.717) is 5.75 Å². The van der Waals surface area contributed by atoms with Gasteiger partial charge in [0.25, 0.3) is 0 Å². The van der Waals surface area contributed by atoms with Gasteiger partial charge in [-0.2, -0.15) is 0 Å². The van der Waals surface area contributed by atoms with Crippen LogP contribution in [0.2, 0.25) is 0 Å². The zero-order chi connectivity index (χ0) is 21.9. The molecule has 1 saturated heterocycles. The molecule has 0 saturated carbocycles. The molecule has 0 aromatic heterocycles. The Kier molecular flexibility index (Phi) is 6.58. The lowest BCUT2D eigenvalue weighted by Gasteiger charge is -2.32. The molecule has 5 nitrogen and oxygen atoms in total. The van der Waals surface area contributed by atoms with Crippen molar-refractivity contribution in [3.8, 4) is 5.75 Å². The molecule has 160 valence electrons. The maximum absolute atomic E-state index is 12.1. The lowest BCUT2D eigenvalue weighted by Crippen LogP contribution is -2.41. The van der Waals surface area contributed by atoms with E-state index in [2.05, 4.69) is 13.8 Å². The van der Waals surface area contributed by atoms with Crippen molar-refractivity contribution in [3.63, 3.8) is 0 Å². The van der Waals surface area contributed by atoms with Crippen molar-refractivity contribution in [2.75, 3.05) is 6.61 Å². The second-order valence-corrected chi connectivity index (χ2v) is 8.98. The van der Waals surface area contributed by atoms with Gasteiger partial charge in [0, 0.05) is 0 Å². The molecule has 2 aromatic rings. The summed E-state index contributed by atoms with van der Waals surface area (Å²) in [7, 11) is -0.433. The van der Waals surface area contributed by atoms with E-state index < -0.39 is 24.3 Å². The first-order valence-electron chi connectivity index (χ1n) is 10.4. The number of rotatable bonds is 7. The van der Waals surface area contributed by atoms with Gasteiger partial charge in [0.2, 0.25) is 0 Å². The first-order chi connectivity index (χ1) is 14.1. The van der Waals surface area contributed by atoms with Crippen LogP contribution in [0.3, 0.4) is 0 Å². The maximum Gasteiger partial charge on any atom is 0.494 e. The molecule has 0 bridgehead atoms. The predicted octanol–water partition coefficient (Wildman–Crippen LogP) is 4.23. The van der Waals surface area contributed by atoms with Crippen LogP contribution in [-0.4, -0.2) is 30.9 Å². The average molecular weight is 410 g/mol. The van der Waals surface area contributed by atoms with E-state index in [9.17, 15) is 4.79 Å². The number of ether oxygens (including phenoxy) is 2. The SMILES string of the molecule is CC(C)c1cc(B2OC(C)(C)C(C)(C)O2)ccc1OCC(=O)OCc1ccccc1. The largest absolute Gasteiger partial charge is 0.494 e. The summed E-state index contributed by atoms with van der Waals surface area (Å²) >= 11 is 0. The summed E-state index contributed by atoms with van der Waals surface area (Å²) in [4.78, 5) is 12.1. The highest BCUT2D eigenvalue weighted by Gasteiger charge is 2.51. The molecular weight excluding hydrogens is 379 g/mol. The molecule has 0 unspecified atom stereocenters. The average Bonchev–Trinajstić information content (AvgIpc) is 2.92. The summed E-state index contributed by atoms with van der Waals surface area (Å²) in [6, 6.07) is 15.4. The molecule has 1 fully saturated rings. The van der Waals surface area contributed by atoms with E-state index in [0.717, 1.165) is 16.6 Å². The van der Waals surface area contributed by atoms with Crippen molar-refractivity contribution >= 4 is 18.6 Å². The van der Waals surface area contributed by atoms with Crippen molar-refractivity contribution in [1.82, 2.24) is 0 Å². The first kappa shape index (κ1) is 22.4. The zero-order valence-electron chi connectivity index (χ0n) is 18.7. The molecule has 2 aromatic carbocycles. The third kappa shape index (κ3) is 5.05. The Morgan fingerprint density at radius 2 is 1.63 bits per heavy atom. The highest BCUT2D eigenvalue weighted by atomic mass is 16.7. The Balaban J connectivity index is 1.65. The molecule has 0 radical (unpaired) electrons. The Labute approximate surface area is 179 Å². The van der Waals surface area contributed by atoms with Crippen molar-refractivity contribution < 1.29 is 23.6 Å². The maximum atomic E-state index is 12.1. The molecule has 0 spiro atoms. The fraction of sp³-hybridized carbons (Fsp3) is 0.458. The van der Waals surface area contributed by atoms with Crippen LogP contribution in [0.15, 0.2) is 48.5 Å². The highest BCUT2D eigenvalue weighted by molar-refractivity contribution is 6.62. The van der Waals surface area contributed by atoms with Gasteiger partial charge in [0.1, 0.15) is 12.4 Å². The third-order valence-electron chi connectivity index (χ3n) is 5.77. The molecule has 1 heterocycles. The van der Waals surface area contributed by atoms with Crippen LogP contribution >= 0.6 is 0 Å². The number of hydrogen-bond donors (Lipinski definition) is 0. The molecule has 6 heteroatoms. The number of benzene rings is 2. The van der Waals surface area contributed by atoms with Crippen molar-refractivity contribution in [2.45, 2.75) is 65.3 Å². The fourth-order valence-electron chi connectivity index (χ4n) is 3.19. The van der Waals surface area contributed by atoms with Crippen molar-refractivity contribution in [3.05, 3.63) is 59.7 Å². The molecule has 0 N–H and O–H groups in total. The summed E-state index contributed by atoms with van der Waals surface area (Å²) in [6.07, 6.45) is 0. The Morgan fingerprint density at radius 1 is 1.00 bits per heavy atom. The van der Waals surface area contributed by atoms with E-state index in [1.807, 2.05) is 76.2 Å². The van der Waals surface area contributed by atoms with Crippen LogP contribution in [0.25, 0.3) is 0 Å². The molecule has 0 atom stereocenters. The number of carbonyl (C=O) groups is 1. The molecular formula is C24H31BO5. The quantitative estimate of drug-likeness (QED) is 0.505. The normalized spacial score (nSPS) is 17.2. The lowest BCUT2D eigenvalue weighted by atomic mass is 9.77. The Bertz CT molecular complexity index is 860. The molecule has 30 heavy (non-hydrogen) atoms. The minimum atomic E-state index is -0.433. The first-order valence-corrected chi connectivity index (χ1v) is 10.4.